The maximum atomic E-state index is 13.9. The van der Waals surface area contributed by atoms with Gasteiger partial charge in [0.2, 0.25) is 0 Å². The SMILES string of the molecule is CCCNCC(C)C(C)Cc1c(F)ccc(Br)c1F. The Morgan fingerprint density at radius 3 is 2.53 bits per heavy atom. The molecule has 0 aliphatic rings. The number of nitrogens with one attached hydrogen (secondary N) is 1. The van der Waals surface area contributed by atoms with Crippen LogP contribution in [0.1, 0.15) is 32.8 Å². The molecule has 2 atom stereocenters. The molecule has 0 saturated heterocycles. The molecule has 108 valence electrons. The zero-order chi connectivity index (χ0) is 14.4. The van der Waals surface area contributed by atoms with E-state index in [2.05, 4.69) is 35.1 Å². The molecule has 19 heavy (non-hydrogen) atoms. The minimum absolute atomic E-state index is 0.184. The number of hydrogen-bond acceptors (Lipinski definition) is 1. The van der Waals surface area contributed by atoms with Gasteiger partial charge < -0.3 is 5.32 Å². The molecule has 0 aromatic heterocycles. The summed E-state index contributed by atoms with van der Waals surface area (Å²) < 4.78 is 27.9. The summed E-state index contributed by atoms with van der Waals surface area (Å²) in [6.07, 6.45) is 1.52. The number of hydrogen-bond donors (Lipinski definition) is 1. The summed E-state index contributed by atoms with van der Waals surface area (Å²) in [5.74, 6) is -0.325. The van der Waals surface area contributed by atoms with Crippen LogP contribution >= 0.6 is 15.9 Å². The molecule has 1 rings (SSSR count). The van der Waals surface area contributed by atoms with Gasteiger partial charge in [0, 0.05) is 5.56 Å². The van der Waals surface area contributed by atoms with E-state index in [1.165, 1.54) is 12.1 Å². The van der Waals surface area contributed by atoms with Crippen LogP contribution in [0.5, 0.6) is 0 Å². The summed E-state index contributed by atoms with van der Waals surface area (Å²) in [5.41, 5.74) is 0.184. The van der Waals surface area contributed by atoms with Crippen molar-refractivity contribution in [2.75, 3.05) is 13.1 Å². The molecule has 0 saturated carbocycles. The molecule has 0 aliphatic heterocycles. The van der Waals surface area contributed by atoms with Gasteiger partial charge in [0.1, 0.15) is 11.6 Å². The first-order valence-corrected chi connectivity index (χ1v) is 7.59. The van der Waals surface area contributed by atoms with Gasteiger partial charge in [-0.1, -0.05) is 20.8 Å². The maximum absolute atomic E-state index is 13.9. The predicted molar refractivity (Wildman–Crippen MR) is 79.3 cm³/mol. The fraction of sp³-hybridized carbons (Fsp3) is 0.600. The highest BCUT2D eigenvalue weighted by Gasteiger charge is 2.18. The van der Waals surface area contributed by atoms with Gasteiger partial charge >= 0.3 is 0 Å². The minimum atomic E-state index is -0.472. The van der Waals surface area contributed by atoms with E-state index in [4.69, 9.17) is 0 Å². The molecule has 0 amide bonds. The average molecular weight is 334 g/mol. The summed E-state index contributed by atoms with van der Waals surface area (Å²) in [6.45, 7) is 8.13. The van der Waals surface area contributed by atoms with Crippen molar-refractivity contribution in [3.63, 3.8) is 0 Å². The lowest BCUT2D eigenvalue weighted by molar-refractivity contribution is 0.356. The van der Waals surface area contributed by atoms with Crippen LogP contribution in [-0.2, 0) is 6.42 Å². The molecule has 0 aliphatic carbocycles. The van der Waals surface area contributed by atoms with Crippen molar-refractivity contribution < 1.29 is 8.78 Å². The third-order valence-corrected chi connectivity index (χ3v) is 4.14. The van der Waals surface area contributed by atoms with E-state index < -0.39 is 11.6 Å². The fourth-order valence-corrected chi connectivity index (χ4v) is 2.36. The van der Waals surface area contributed by atoms with Crippen molar-refractivity contribution >= 4 is 15.9 Å². The summed E-state index contributed by atoms with van der Waals surface area (Å²) in [6, 6.07) is 2.72. The van der Waals surface area contributed by atoms with Gasteiger partial charge in [-0.3, -0.25) is 0 Å². The van der Waals surface area contributed by atoms with Gasteiger partial charge in [0.25, 0.3) is 0 Å². The van der Waals surface area contributed by atoms with Gasteiger partial charge in [-0.05, 0) is 65.8 Å². The van der Waals surface area contributed by atoms with Crippen LogP contribution in [-0.4, -0.2) is 13.1 Å². The Kier molecular flexibility index (Phi) is 6.94. The van der Waals surface area contributed by atoms with E-state index >= 15 is 0 Å². The Morgan fingerprint density at radius 1 is 1.21 bits per heavy atom. The van der Waals surface area contributed by atoms with Crippen molar-refractivity contribution in [1.29, 1.82) is 0 Å². The second kappa shape index (κ2) is 7.95. The molecule has 4 heteroatoms. The molecule has 1 N–H and O–H groups in total. The highest BCUT2D eigenvalue weighted by Crippen LogP contribution is 2.26. The van der Waals surface area contributed by atoms with Gasteiger partial charge in [0.15, 0.2) is 0 Å². The lowest BCUT2D eigenvalue weighted by atomic mass is 9.89. The van der Waals surface area contributed by atoms with E-state index in [0.717, 1.165) is 19.5 Å². The first-order chi connectivity index (χ1) is 8.97. The fourth-order valence-electron chi connectivity index (χ4n) is 1.99. The standard InChI is InChI=1S/C15H22BrF2N/c1-4-7-19-9-11(3)10(2)8-12-14(17)6-5-13(16)15(12)18/h5-6,10-11,19H,4,7-9H2,1-3H3. The lowest BCUT2D eigenvalue weighted by Gasteiger charge is -2.21. The molecule has 1 aromatic rings. The number of benzene rings is 1. The second-order valence-electron chi connectivity index (χ2n) is 5.18. The molecular formula is C15H22BrF2N. The zero-order valence-electron chi connectivity index (χ0n) is 11.8. The van der Waals surface area contributed by atoms with Crippen LogP contribution in [0, 0.1) is 23.5 Å². The Labute approximate surface area is 122 Å². The van der Waals surface area contributed by atoms with Gasteiger partial charge in [-0.2, -0.15) is 0 Å². The largest absolute Gasteiger partial charge is 0.316 e. The molecule has 2 unspecified atom stereocenters. The van der Waals surface area contributed by atoms with E-state index in [9.17, 15) is 8.78 Å². The minimum Gasteiger partial charge on any atom is -0.316 e. The lowest BCUT2D eigenvalue weighted by Crippen LogP contribution is -2.27. The predicted octanol–water partition coefficient (Wildman–Crippen LogP) is 4.54. The summed E-state index contributed by atoms with van der Waals surface area (Å²) in [4.78, 5) is 0. The van der Waals surface area contributed by atoms with Crippen LogP contribution in [0.4, 0.5) is 8.78 Å². The first-order valence-electron chi connectivity index (χ1n) is 6.80. The van der Waals surface area contributed by atoms with Crippen molar-refractivity contribution in [1.82, 2.24) is 5.32 Å². The molecule has 0 bridgehead atoms. The third kappa shape index (κ3) is 4.84. The average Bonchev–Trinajstić information content (AvgIpc) is 2.39. The van der Waals surface area contributed by atoms with E-state index in [0.29, 0.717) is 16.8 Å². The molecule has 0 radical (unpaired) electrons. The molecule has 1 nitrogen and oxygen atoms in total. The van der Waals surface area contributed by atoms with Crippen LogP contribution in [0.2, 0.25) is 0 Å². The monoisotopic (exact) mass is 333 g/mol. The van der Waals surface area contributed by atoms with E-state index in [-0.39, 0.29) is 11.5 Å². The van der Waals surface area contributed by atoms with Crippen molar-refractivity contribution in [2.45, 2.75) is 33.6 Å². The van der Waals surface area contributed by atoms with Gasteiger partial charge in [-0.25, -0.2) is 8.78 Å². The molecular weight excluding hydrogens is 312 g/mol. The van der Waals surface area contributed by atoms with E-state index in [1.807, 2.05) is 6.92 Å². The van der Waals surface area contributed by atoms with Gasteiger partial charge in [-0.15, -0.1) is 0 Å². The normalized spacial score (nSPS) is 14.4. The molecule has 0 spiro atoms. The Bertz CT molecular complexity index is 409. The molecule has 0 heterocycles. The summed E-state index contributed by atoms with van der Waals surface area (Å²) in [7, 11) is 0. The van der Waals surface area contributed by atoms with Gasteiger partial charge in [0.05, 0.1) is 4.47 Å². The smallest absolute Gasteiger partial charge is 0.143 e. The maximum Gasteiger partial charge on any atom is 0.143 e. The quantitative estimate of drug-likeness (QED) is 0.570. The van der Waals surface area contributed by atoms with Crippen LogP contribution < -0.4 is 5.32 Å². The Morgan fingerprint density at radius 2 is 1.89 bits per heavy atom. The first kappa shape index (κ1) is 16.6. The van der Waals surface area contributed by atoms with Crippen LogP contribution in [0.25, 0.3) is 0 Å². The van der Waals surface area contributed by atoms with Crippen molar-refractivity contribution in [3.8, 4) is 0 Å². The van der Waals surface area contributed by atoms with Crippen molar-refractivity contribution in [3.05, 3.63) is 33.8 Å². The highest BCUT2D eigenvalue weighted by atomic mass is 79.9. The summed E-state index contributed by atoms with van der Waals surface area (Å²) in [5, 5.41) is 3.35. The summed E-state index contributed by atoms with van der Waals surface area (Å²) >= 11 is 3.10. The third-order valence-electron chi connectivity index (χ3n) is 3.53. The zero-order valence-corrected chi connectivity index (χ0v) is 13.4. The topological polar surface area (TPSA) is 12.0 Å². The molecule has 0 fully saturated rings. The molecule has 1 aromatic carbocycles. The second-order valence-corrected chi connectivity index (χ2v) is 6.04. The van der Waals surface area contributed by atoms with E-state index in [1.54, 1.807) is 0 Å². The van der Waals surface area contributed by atoms with Crippen LogP contribution in [0.15, 0.2) is 16.6 Å². The van der Waals surface area contributed by atoms with Crippen LogP contribution in [0.3, 0.4) is 0 Å². The Balaban J connectivity index is 2.66. The van der Waals surface area contributed by atoms with Crippen molar-refractivity contribution in [2.24, 2.45) is 11.8 Å². The number of rotatable bonds is 7. The Hall–Kier alpha value is -0.480. The number of halogens is 3. The highest BCUT2D eigenvalue weighted by molar-refractivity contribution is 9.10.